The first-order valence-corrected chi connectivity index (χ1v) is 10.2. The lowest BCUT2D eigenvalue weighted by Crippen LogP contribution is -2.41. The van der Waals surface area contributed by atoms with Crippen LogP contribution in [0.4, 0.5) is 0 Å². The lowest BCUT2D eigenvalue weighted by molar-refractivity contribution is -0.122. The van der Waals surface area contributed by atoms with Gasteiger partial charge in [-0.1, -0.05) is 6.92 Å². The lowest BCUT2D eigenvalue weighted by atomic mass is 9.99. The van der Waals surface area contributed by atoms with E-state index in [4.69, 9.17) is 5.10 Å². The van der Waals surface area contributed by atoms with Crippen LogP contribution < -0.4 is 10.6 Å². The summed E-state index contributed by atoms with van der Waals surface area (Å²) in [4.78, 5) is 19.0. The fourth-order valence-electron chi connectivity index (χ4n) is 4.16. The molecule has 4 heterocycles. The van der Waals surface area contributed by atoms with Gasteiger partial charge in [-0.05, 0) is 56.9 Å². The Morgan fingerprint density at radius 1 is 1.33 bits per heavy atom. The number of amides is 1. The van der Waals surface area contributed by atoms with E-state index < -0.39 is 0 Å². The average Bonchev–Trinajstić information content (AvgIpc) is 3.32. The summed E-state index contributed by atoms with van der Waals surface area (Å²) < 4.78 is 1.95. The molecule has 27 heavy (non-hydrogen) atoms. The van der Waals surface area contributed by atoms with E-state index >= 15 is 0 Å². The topological polar surface area (TPSA) is 75.1 Å². The molecule has 0 saturated carbocycles. The van der Waals surface area contributed by atoms with Crippen molar-refractivity contribution in [3.8, 4) is 0 Å². The molecule has 0 radical (unpaired) electrons. The highest BCUT2D eigenvalue weighted by Gasteiger charge is 2.23. The van der Waals surface area contributed by atoms with Gasteiger partial charge in [-0.2, -0.15) is 5.10 Å². The average molecular weight is 371 g/mol. The summed E-state index contributed by atoms with van der Waals surface area (Å²) >= 11 is 0. The molecule has 2 saturated heterocycles. The Hall–Kier alpha value is -1.99. The molecule has 1 atom stereocenters. The maximum atomic E-state index is 12.3. The summed E-state index contributed by atoms with van der Waals surface area (Å²) in [5, 5.41) is 12.4. The second-order valence-corrected chi connectivity index (χ2v) is 7.98. The Morgan fingerprint density at radius 2 is 2.19 bits per heavy atom. The zero-order chi connectivity index (χ0) is 18.6. The Morgan fingerprint density at radius 3 is 2.96 bits per heavy atom. The van der Waals surface area contributed by atoms with Crippen LogP contribution in [0.5, 0.6) is 0 Å². The van der Waals surface area contributed by atoms with Crippen LogP contribution in [-0.2, 0) is 11.3 Å². The molecule has 7 heteroatoms. The summed E-state index contributed by atoms with van der Waals surface area (Å²) in [6, 6.07) is 4.08. The largest absolute Gasteiger partial charge is 0.353 e. The fourth-order valence-corrected chi connectivity index (χ4v) is 4.16. The third-order valence-corrected chi connectivity index (χ3v) is 5.87. The van der Waals surface area contributed by atoms with Gasteiger partial charge in [-0.15, -0.1) is 0 Å². The summed E-state index contributed by atoms with van der Waals surface area (Å²) in [5.41, 5.74) is 2.05. The van der Waals surface area contributed by atoms with Crippen LogP contribution in [0.2, 0.25) is 0 Å². The minimum Gasteiger partial charge on any atom is -0.353 e. The molecule has 0 spiro atoms. The number of rotatable bonds is 6. The van der Waals surface area contributed by atoms with E-state index in [1.807, 2.05) is 16.9 Å². The molecule has 0 unspecified atom stereocenters. The molecule has 7 nitrogen and oxygen atoms in total. The number of carbonyl (C=O) groups is 1. The summed E-state index contributed by atoms with van der Waals surface area (Å²) in [6.07, 6.45) is 5.31. The van der Waals surface area contributed by atoms with Crippen LogP contribution in [0, 0.1) is 5.92 Å². The van der Waals surface area contributed by atoms with Crippen molar-refractivity contribution < 1.29 is 4.79 Å². The molecule has 2 fully saturated rings. The highest BCUT2D eigenvalue weighted by atomic mass is 16.2. The number of hydrogen-bond donors (Lipinski definition) is 2. The molecule has 2 aliphatic rings. The third-order valence-electron chi connectivity index (χ3n) is 5.87. The quantitative estimate of drug-likeness (QED) is 0.803. The van der Waals surface area contributed by atoms with Crippen molar-refractivity contribution in [3.63, 3.8) is 0 Å². The van der Waals surface area contributed by atoms with Crippen molar-refractivity contribution in [3.05, 3.63) is 24.0 Å². The van der Waals surface area contributed by atoms with Crippen LogP contribution >= 0.6 is 0 Å². The number of carbonyl (C=O) groups excluding carboxylic acids is 1. The number of fused-ring (bicyclic) bond motifs is 1. The Labute approximate surface area is 160 Å². The number of hydrogen-bond acceptors (Lipinski definition) is 5. The smallest absolute Gasteiger partial charge is 0.234 e. The number of nitrogens with zero attached hydrogens (tertiary/aromatic N) is 4. The van der Waals surface area contributed by atoms with Crippen LogP contribution in [0.25, 0.3) is 11.0 Å². The van der Waals surface area contributed by atoms with Gasteiger partial charge < -0.3 is 10.6 Å². The molecular formula is C20H30N6O. The second kappa shape index (κ2) is 8.35. The molecule has 1 amide bonds. The normalized spacial score (nSPS) is 21.7. The van der Waals surface area contributed by atoms with Gasteiger partial charge in [0, 0.05) is 30.6 Å². The molecule has 4 rings (SSSR count). The molecule has 146 valence electrons. The van der Waals surface area contributed by atoms with E-state index in [-0.39, 0.29) is 5.91 Å². The monoisotopic (exact) mass is 370 g/mol. The second-order valence-electron chi connectivity index (χ2n) is 7.98. The molecule has 2 aromatic rings. The molecule has 2 N–H and O–H groups in total. The van der Waals surface area contributed by atoms with Crippen molar-refractivity contribution in [1.29, 1.82) is 0 Å². The van der Waals surface area contributed by atoms with Crippen molar-refractivity contribution in [1.82, 2.24) is 30.3 Å². The van der Waals surface area contributed by atoms with E-state index in [0.717, 1.165) is 55.2 Å². The maximum absolute atomic E-state index is 12.3. The number of piperidine rings is 1. The zero-order valence-corrected chi connectivity index (χ0v) is 16.2. The zero-order valence-electron chi connectivity index (χ0n) is 16.2. The lowest BCUT2D eigenvalue weighted by Gasteiger charge is -2.29. The van der Waals surface area contributed by atoms with Gasteiger partial charge in [0.25, 0.3) is 0 Å². The number of nitrogens with one attached hydrogen (secondary N) is 2. The minimum atomic E-state index is 0.106. The van der Waals surface area contributed by atoms with Gasteiger partial charge in [0.1, 0.15) is 0 Å². The van der Waals surface area contributed by atoms with Crippen molar-refractivity contribution in [2.24, 2.45) is 5.92 Å². The van der Waals surface area contributed by atoms with Crippen LogP contribution in [-0.4, -0.2) is 64.8 Å². The Bertz CT molecular complexity index is 774. The van der Waals surface area contributed by atoms with Crippen LogP contribution in [0.15, 0.2) is 18.3 Å². The van der Waals surface area contributed by atoms with Gasteiger partial charge >= 0.3 is 0 Å². The molecule has 2 aromatic heterocycles. The van der Waals surface area contributed by atoms with Crippen LogP contribution in [0.1, 0.15) is 37.8 Å². The maximum Gasteiger partial charge on any atom is 0.234 e. The van der Waals surface area contributed by atoms with E-state index in [1.54, 1.807) is 0 Å². The summed E-state index contributed by atoms with van der Waals surface area (Å²) in [6.45, 7) is 8.10. The molecule has 2 aliphatic heterocycles. The summed E-state index contributed by atoms with van der Waals surface area (Å²) in [7, 11) is 0. The van der Waals surface area contributed by atoms with E-state index in [0.29, 0.717) is 25.6 Å². The number of pyridine rings is 1. The van der Waals surface area contributed by atoms with Gasteiger partial charge in [-0.25, -0.2) is 9.67 Å². The van der Waals surface area contributed by atoms with Crippen molar-refractivity contribution in [2.45, 2.75) is 38.6 Å². The van der Waals surface area contributed by atoms with Gasteiger partial charge in [-0.3, -0.25) is 9.69 Å². The third kappa shape index (κ3) is 4.30. The Balaban J connectivity index is 1.34. The predicted octanol–water partition coefficient (Wildman–Crippen LogP) is 1.36. The summed E-state index contributed by atoms with van der Waals surface area (Å²) in [5.74, 6) is 1.34. The first-order chi connectivity index (χ1) is 13.2. The number of aromatic nitrogens is 3. The van der Waals surface area contributed by atoms with E-state index in [2.05, 4.69) is 33.5 Å². The number of likely N-dealkylation sites (tertiary alicyclic amines) is 1. The molecular weight excluding hydrogens is 340 g/mol. The van der Waals surface area contributed by atoms with Gasteiger partial charge in [0.15, 0.2) is 5.65 Å². The highest BCUT2D eigenvalue weighted by molar-refractivity contribution is 5.79. The first-order valence-electron chi connectivity index (χ1n) is 10.2. The standard InChI is InChI=1S/C20H30N6O/c1-15-5-10-25(11-6-15)14-18(27)22-9-12-26-20-17(3-2-7-23-20)19(24-26)16-4-8-21-13-16/h2-3,7,15-16,21H,4-6,8-14H2,1H3,(H,22,27)/t16-/m0/s1. The van der Waals surface area contributed by atoms with Gasteiger partial charge in [0.2, 0.25) is 5.91 Å². The predicted molar refractivity (Wildman–Crippen MR) is 106 cm³/mol. The molecule has 0 aliphatic carbocycles. The Kier molecular flexibility index (Phi) is 5.69. The van der Waals surface area contributed by atoms with E-state index in [9.17, 15) is 4.79 Å². The van der Waals surface area contributed by atoms with Crippen molar-refractivity contribution in [2.75, 3.05) is 39.3 Å². The fraction of sp³-hybridized carbons (Fsp3) is 0.650. The highest BCUT2D eigenvalue weighted by Crippen LogP contribution is 2.27. The minimum absolute atomic E-state index is 0.106. The van der Waals surface area contributed by atoms with E-state index in [1.165, 1.54) is 12.8 Å². The van der Waals surface area contributed by atoms with Gasteiger partial charge in [0.05, 0.1) is 18.8 Å². The molecule has 0 bridgehead atoms. The SMILES string of the molecule is CC1CCN(CC(=O)NCCn2nc([C@H]3CCNC3)c3cccnc32)CC1. The first kappa shape index (κ1) is 18.4. The van der Waals surface area contributed by atoms with Crippen molar-refractivity contribution >= 4 is 16.9 Å². The van der Waals surface area contributed by atoms with Crippen LogP contribution in [0.3, 0.4) is 0 Å². The molecule has 0 aromatic carbocycles.